The third kappa shape index (κ3) is 3.64. The van der Waals surface area contributed by atoms with Gasteiger partial charge in [-0.2, -0.15) is 0 Å². The van der Waals surface area contributed by atoms with Crippen LogP contribution in [0.4, 0.5) is 0 Å². The van der Waals surface area contributed by atoms with Gasteiger partial charge in [-0.05, 0) is 43.0 Å². The molecule has 3 amide bonds. The highest BCUT2D eigenvalue weighted by molar-refractivity contribution is 6.22. The molecule has 0 spiro atoms. The molecule has 1 atom stereocenters. The molecule has 0 radical (unpaired) electrons. The molecule has 3 aliphatic rings. The quantitative estimate of drug-likeness (QED) is 0.711. The molecule has 1 unspecified atom stereocenters. The maximum Gasteiger partial charge on any atom is 0.261 e. The molecular formula is C24H24N2O5. The third-order valence-electron chi connectivity index (χ3n) is 6.17. The highest BCUT2D eigenvalue weighted by Gasteiger charge is 2.39. The molecule has 160 valence electrons. The Morgan fingerprint density at radius 2 is 1.68 bits per heavy atom. The van der Waals surface area contributed by atoms with Crippen molar-refractivity contribution in [2.45, 2.75) is 38.1 Å². The number of imide groups is 1. The Kier molecular flexibility index (Phi) is 5.29. The van der Waals surface area contributed by atoms with Crippen molar-refractivity contribution in [3.63, 3.8) is 0 Å². The van der Waals surface area contributed by atoms with Crippen LogP contribution in [0.2, 0.25) is 0 Å². The van der Waals surface area contributed by atoms with Crippen LogP contribution in [0.15, 0.2) is 48.5 Å². The van der Waals surface area contributed by atoms with Gasteiger partial charge in [-0.1, -0.05) is 30.3 Å². The number of likely N-dealkylation sites (tertiary alicyclic amines) is 1. The predicted octanol–water partition coefficient (Wildman–Crippen LogP) is 2.85. The molecule has 2 fully saturated rings. The van der Waals surface area contributed by atoms with Crippen molar-refractivity contribution < 1.29 is 23.9 Å². The standard InChI is InChI=1S/C24H24N2O5/c27-21(25-11-5-4-8-20(25)24-30-12-13-31-24)17-9-10-18-19(14-17)23(29)26(22(18)28)15-16-6-2-1-3-7-16/h1-3,6-7,9-10,14,20,24H,4-5,8,11-13,15H2. The number of piperidine rings is 1. The molecule has 0 N–H and O–H groups in total. The van der Waals surface area contributed by atoms with Crippen LogP contribution < -0.4 is 0 Å². The monoisotopic (exact) mass is 420 g/mol. The Bertz CT molecular complexity index is 1020. The minimum absolute atomic E-state index is 0.135. The summed E-state index contributed by atoms with van der Waals surface area (Å²) >= 11 is 0. The van der Waals surface area contributed by atoms with Crippen molar-refractivity contribution in [2.24, 2.45) is 0 Å². The van der Waals surface area contributed by atoms with Crippen LogP contribution in [0, 0.1) is 0 Å². The second kappa shape index (κ2) is 8.24. The van der Waals surface area contributed by atoms with Crippen LogP contribution in [0.3, 0.4) is 0 Å². The molecule has 2 saturated heterocycles. The fourth-order valence-electron chi connectivity index (χ4n) is 4.59. The largest absolute Gasteiger partial charge is 0.348 e. The predicted molar refractivity (Wildman–Crippen MR) is 111 cm³/mol. The first-order valence-electron chi connectivity index (χ1n) is 10.7. The number of benzene rings is 2. The van der Waals surface area contributed by atoms with E-state index in [1.807, 2.05) is 30.3 Å². The summed E-state index contributed by atoms with van der Waals surface area (Å²) in [5, 5.41) is 0. The van der Waals surface area contributed by atoms with Crippen molar-refractivity contribution in [1.82, 2.24) is 9.80 Å². The maximum absolute atomic E-state index is 13.3. The fourth-order valence-corrected chi connectivity index (χ4v) is 4.59. The fraction of sp³-hybridized carbons (Fsp3) is 0.375. The number of carbonyl (C=O) groups is 3. The second-order valence-corrected chi connectivity index (χ2v) is 8.11. The lowest BCUT2D eigenvalue weighted by Gasteiger charge is -2.38. The summed E-state index contributed by atoms with van der Waals surface area (Å²) in [4.78, 5) is 42.1. The first-order valence-corrected chi connectivity index (χ1v) is 10.7. The van der Waals surface area contributed by atoms with Gasteiger partial charge in [-0.3, -0.25) is 19.3 Å². The third-order valence-corrected chi connectivity index (χ3v) is 6.17. The second-order valence-electron chi connectivity index (χ2n) is 8.11. The number of amides is 3. The van der Waals surface area contributed by atoms with Crippen molar-refractivity contribution in [2.75, 3.05) is 19.8 Å². The summed E-state index contributed by atoms with van der Waals surface area (Å²) < 4.78 is 11.3. The van der Waals surface area contributed by atoms with Crippen molar-refractivity contribution in [3.05, 3.63) is 70.8 Å². The van der Waals surface area contributed by atoms with Gasteiger partial charge < -0.3 is 14.4 Å². The number of ether oxygens (including phenoxy) is 2. The molecule has 2 aromatic rings. The zero-order valence-corrected chi connectivity index (χ0v) is 17.2. The van der Waals surface area contributed by atoms with Gasteiger partial charge in [0.15, 0.2) is 6.29 Å². The van der Waals surface area contributed by atoms with Gasteiger partial charge in [0.1, 0.15) is 0 Å². The number of carbonyl (C=O) groups excluding carboxylic acids is 3. The number of nitrogens with zero attached hydrogens (tertiary/aromatic N) is 2. The summed E-state index contributed by atoms with van der Waals surface area (Å²) in [6.45, 7) is 1.91. The summed E-state index contributed by atoms with van der Waals surface area (Å²) in [7, 11) is 0. The number of hydrogen-bond donors (Lipinski definition) is 0. The first-order chi connectivity index (χ1) is 15.1. The van der Waals surface area contributed by atoms with E-state index in [1.54, 1.807) is 23.1 Å². The van der Waals surface area contributed by atoms with E-state index < -0.39 is 6.29 Å². The molecule has 2 aromatic carbocycles. The van der Waals surface area contributed by atoms with E-state index in [-0.39, 0.29) is 35.9 Å². The molecule has 0 bridgehead atoms. The van der Waals surface area contributed by atoms with Crippen LogP contribution in [-0.2, 0) is 16.0 Å². The highest BCUT2D eigenvalue weighted by atomic mass is 16.7. The number of fused-ring (bicyclic) bond motifs is 1. The van der Waals surface area contributed by atoms with E-state index in [4.69, 9.17) is 9.47 Å². The molecule has 0 aromatic heterocycles. The van der Waals surface area contributed by atoms with Crippen LogP contribution in [0.1, 0.15) is 55.9 Å². The molecular weight excluding hydrogens is 396 g/mol. The molecule has 7 nitrogen and oxygen atoms in total. The average molecular weight is 420 g/mol. The summed E-state index contributed by atoms with van der Waals surface area (Å²) in [5.41, 5.74) is 1.91. The Labute approximate surface area is 180 Å². The summed E-state index contributed by atoms with van der Waals surface area (Å²) in [6, 6.07) is 14.0. The summed E-state index contributed by atoms with van der Waals surface area (Å²) in [6.07, 6.45) is 2.36. The van der Waals surface area contributed by atoms with Gasteiger partial charge in [0, 0.05) is 12.1 Å². The lowest BCUT2D eigenvalue weighted by molar-refractivity contribution is -0.100. The van der Waals surface area contributed by atoms with Gasteiger partial charge in [-0.25, -0.2) is 0 Å². The van der Waals surface area contributed by atoms with Crippen molar-refractivity contribution in [3.8, 4) is 0 Å². The van der Waals surface area contributed by atoms with Crippen LogP contribution in [0.25, 0.3) is 0 Å². The van der Waals surface area contributed by atoms with E-state index in [1.165, 1.54) is 4.90 Å². The molecule has 5 rings (SSSR count). The van der Waals surface area contributed by atoms with Gasteiger partial charge in [0.05, 0.1) is 36.9 Å². The van der Waals surface area contributed by atoms with Gasteiger partial charge in [0.25, 0.3) is 17.7 Å². The van der Waals surface area contributed by atoms with E-state index in [0.717, 1.165) is 24.8 Å². The van der Waals surface area contributed by atoms with E-state index in [0.29, 0.717) is 30.9 Å². The van der Waals surface area contributed by atoms with Crippen LogP contribution in [0.5, 0.6) is 0 Å². The highest BCUT2D eigenvalue weighted by Crippen LogP contribution is 2.29. The van der Waals surface area contributed by atoms with Crippen LogP contribution >= 0.6 is 0 Å². The Hall–Kier alpha value is -3.03. The minimum Gasteiger partial charge on any atom is -0.348 e. The minimum atomic E-state index is -0.400. The molecule has 7 heteroatoms. The zero-order valence-electron chi connectivity index (χ0n) is 17.2. The molecule has 3 heterocycles. The normalized spacial score (nSPS) is 21.6. The lowest BCUT2D eigenvalue weighted by Crippen LogP contribution is -2.50. The topological polar surface area (TPSA) is 76.1 Å². The molecule has 0 saturated carbocycles. The van der Waals surface area contributed by atoms with Crippen molar-refractivity contribution >= 4 is 17.7 Å². The SMILES string of the molecule is O=C1c2ccc(C(=O)N3CCCCC3C3OCCO3)cc2C(=O)N1Cc1ccccc1. The summed E-state index contributed by atoms with van der Waals surface area (Å²) in [5.74, 6) is -0.851. The van der Waals surface area contributed by atoms with Gasteiger partial charge in [0.2, 0.25) is 0 Å². The average Bonchev–Trinajstić information content (AvgIpc) is 3.43. The van der Waals surface area contributed by atoms with E-state index in [9.17, 15) is 14.4 Å². The number of hydrogen-bond acceptors (Lipinski definition) is 5. The van der Waals surface area contributed by atoms with Gasteiger partial charge >= 0.3 is 0 Å². The first kappa shape index (κ1) is 19.9. The Balaban J connectivity index is 1.39. The lowest BCUT2D eigenvalue weighted by atomic mass is 9.99. The van der Waals surface area contributed by atoms with Gasteiger partial charge in [-0.15, -0.1) is 0 Å². The molecule has 31 heavy (non-hydrogen) atoms. The van der Waals surface area contributed by atoms with E-state index in [2.05, 4.69) is 0 Å². The molecule has 0 aliphatic carbocycles. The van der Waals surface area contributed by atoms with Crippen molar-refractivity contribution in [1.29, 1.82) is 0 Å². The smallest absolute Gasteiger partial charge is 0.261 e. The maximum atomic E-state index is 13.3. The van der Waals surface area contributed by atoms with E-state index >= 15 is 0 Å². The number of rotatable bonds is 4. The molecule has 3 aliphatic heterocycles. The Morgan fingerprint density at radius 3 is 2.45 bits per heavy atom. The Morgan fingerprint density at radius 1 is 0.935 bits per heavy atom. The zero-order chi connectivity index (χ0) is 21.4. The van der Waals surface area contributed by atoms with Crippen LogP contribution in [-0.4, -0.2) is 59.6 Å².